The van der Waals surface area contributed by atoms with Crippen LogP contribution in [0.3, 0.4) is 0 Å². The minimum Gasteiger partial charge on any atom is -0.496 e. The Morgan fingerprint density at radius 2 is 2.14 bits per heavy atom. The maximum Gasteiger partial charge on any atom is 0.111 e. The molecule has 2 heterocycles. The van der Waals surface area contributed by atoms with Gasteiger partial charge in [-0.15, -0.1) is 0 Å². The van der Waals surface area contributed by atoms with Crippen molar-refractivity contribution in [2.45, 2.75) is 25.3 Å². The summed E-state index contributed by atoms with van der Waals surface area (Å²) in [6.07, 6.45) is 5.28. The second-order valence-electron chi connectivity index (χ2n) is 3.84. The lowest BCUT2D eigenvalue weighted by atomic mass is 9.91. The average molecular weight is 198 g/mol. The third kappa shape index (κ3) is 2.08. The summed E-state index contributed by atoms with van der Waals surface area (Å²) in [4.78, 5) is 0. The molecule has 1 saturated heterocycles. The number of hydrogen-bond donors (Lipinski definition) is 2. The van der Waals surface area contributed by atoms with Crippen LogP contribution in [0.5, 0.6) is 0 Å². The molecule has 2 aliphatic rings. The van der Waals surface area contributed by atoms with Gasteiger partial charge in [0.25, 0.3) is 0 Å². The van der Waals surface area contributed by atoms with E-state index < -0.39 is 0 Å². The van der Waals surface area contributed by atoms with Gasteiger partial charge in [-0.1, -0.05) is 0 Å². The Kier molecular flexibility index (Phi) is 3.39. The molecule has 80 valence electrons. The number of hydrazine groups is 1. The van der Waals surface area contributed by atoms with Crippen molar-refractivity contribution in [3.8, 4) is 0 Å². The molecule has 0 aromatic rings. The molecule has 0 spiro atoms. The zero-order chi connectivity index (χ0) is 9.80. The van der Waals surface area contributed by atoms with Crippen molar-refractivity contribution in [3.63, 3.8) is 0 Å². The van der Waals surface area contributed by atoms with Gasteiger partial charge in [0.05, 0.1) is 12.6 Å². The number of nitrogens with one attached hydrogen (secondary N) is 1. The molecule has 1 fully saturated rings. The number of ether oxygens (including phenoxy) is 2. The quantitative estimate of drug-likeness (QED) is 0.513. The van der Waals surface area contributed by atoms with Crippen LogP contribution >= 0.6 is 0 Å². The highest BCUT2D eigenvalue weighted by Crippen LogP contribution is 2.25. The summed E-state index contributed by atoms with van der Waals surface area (Å²) in [5, 5.41) is 0. The van der Waals surface area contributed by atoms with Gasteiger partial charge in [-0.25, -0.2) is 5.43 Å². The molecule has 0 bridgehead atoms. The predicted molar refractivity (Wildman–Crippen MR) is 53.3 cm³/mol. The molecule has 3 N–H and O–H groups in total. The molecule has 0 aromatic carbocycles. The van der Waals surface area contributed by atoms with Crippen LogP contribution in [0.2, 0.25) is 0 Å². The first-order chi connectivity index (χ1) is 6.92. The number of hydrogen-bond acceptors (Lipinski definition) is 4. The van der Waals surface area contributed by atoms with Crippen molar-refractivity contribution in [1.29, 1.82) is 0 Å². The van der Waals surface area contributed by atoms with Crippen molar-refractivity contribution in [2.24, 2.45) is 11.8 Å². The Balaban J connectivity index is 1.96. The minimum absolute atomic E-state index is 0.182. The Hall–Kier alpha value is -0.580. The van der Waals surface area contributed by atoms with Crippen molar-refractivity contribution in [1.82, 2.24) is 5.43 Å². The molecule has 1 unspecified atom stereocenters. The van der Waals surface area contributed by atoms with E-state index in [2.05, 4.69) is 11.5 Å². The third-order valence-corrected chi connectivity index (χ3v) is 2.96. The van der Waals surface area contributed by atoms with Crippen molar-refractivity contribution in [2.75, 3.05) is 19.8 Å². The van der Waals surface area contributed by atoms with Crippen molar-refractivity contribution in [3.05, 3.63) is 11.8 Å². The molecule has 0 aromatic heterocycles. The van der Waals surface area contributed by atoms with Crippen LogP contribution in [-0.4, -0.2) is 25.9 Å². The third-order valence-electron chi connectivity index (χ3n) is 2.96. The second-order valence-corrected chi connectivity index (χ2v) is 3.84. The normalized spacial score (nSPS) is 25.6. The Labute approximate surface area is 84.4 Å². The fourth-order valence-electron chi connectivity index (χ4n) is 2.15. The lowest BCUT2D eigenvalue weighted by molar-refractivity contribution is 0.0499. The molecule has 2 aliphatic heterocycles. The Bertz CT molecular complexity index is 212. The van der Waals surface area contributed by atoms with Gasteiger partial charge in [-0.2, -0.15) is 0 Å². The Morgan fingerprint density at radius 3 is 2.71 bits per heavy atom. The topological polar surface area (TPSA) is 56.5 Å². The number of rotatable bonds is 3. The summed E-state index contributed by atoms with van der Waals surface area (Å²) in [7, 11) is 0. The van der Waals surface area contributed by atoms with Crippen LogP contribution in [0, 0.1) is 5.92 Å². The molecule has 4 nitrogen and oxygen atoms in total. The SMILES string of the molecule is NNC(C1=CCCO1)C1CCOCC1. The maximum absolute atomic E-state index is 5.57. The Morgan fingerprint density at radius 1 is 1.36 bits per heavy atom. The van der Waals surface area contributed by atoms with Gasteiger partial charge in [-0.05, 0) is 24.8 Å². The van der Waals surface area contributed by atoms with E-state index in [1.165, 1.54) is 0 Å². The first-order valence-electron chi connectivity index (χ1n) is 5.28. The lowest BCUT2D eigenvalue weighted by Crippen LogP contribution is -2.44. The van der Waals surface area contributed by atoms with Gasteiger partial charge in [0.2, 0.25) is 0 Å². The highest BCUT2D eigenvalue weighted by molar-refractivity contribution is 5.08. The van der Waals surface area contributed by atoms with Crippen LogP contribution in [-0.2, 0) is 9.47 Å². The van der Waals surface area contributed by atoms with Crippen LogP contribution in [0.4, 0.5) is 0 Å². The van der Waals surface area contributed by atoms with Crippen LogP contribution in [0.25, 0.3) is 0 Å². The monoisotopic (exact) mass is 198 g/mol. The van der Waals surface area contributed by atoms with Gasteiger partial charge in [0, 0.05) is 19.6 Å². The van der Waals surface area contributed by atoms with Gasteiger partial charge in [0.1, 0.15) is 5.76 Å². The first kappa shape index (κ1) is 9.96. The molecular weight excluding hydrogens is 180 g/mol. The summed E-state index contributed by atoms with van der Waals surface area (Å²) in [6.45, 7) is 2.49. The second kappa shape index (κ2) is 4.77. The van der Waals surface area contributed by atoms with E-state index in [0.29, 0.717) is 5.92 Å². The van der Waals surface area contributed by atoms with E-state index in [1.807, 2.05) is 0 Å². The van der Waals surface area contributed by atoms with E-state index in [9.17, 15) is 0 Å². The smallest absolute Gasteiger partial charge is 0.111 e. The molecule has 1 atom stereocenters. The number of nitrogens with two attached hydrogens (primary N) is 1. The van der Waals surface area contributed by atoms with Crippen LogP contribution in [0.15, 0.2) is 11.8 Å². The minimum atomic E-state index is 0.182. The van der Waals surface area contributed by atoms with Crippen LogP contribution in [0.1, 0.15) is 19.3 Å². The maximum atomic E-state index is 5.57. The zero-order valence-corrected chi connectivity index (χ0v) is 8.37. The molecule has 4 heteroatoms. The van der Waals surface area contributed by atoms with Crippen molar-refractivity contribution < 1.29 is 9.47 Å². The summed E-state index contributed by atoms with van der Waals surface area (Å²) in [6, 6.07) is 0.182. The fraction of sp³-hybridized carbons (Fsp3) is 0.800. The van der Waals surface area contributed by atoms with Gasteiger partial charge < -0.3 is 9.47 Å². The van der Waals surface area contributed by atoms with Crippen molar-refractivity contribution >= 4 is 0 Å². The predicted octanol–water partition coefficient (Wildman–Crippen LogP) is 0.549. The van der Waals surface area contributed by atoms with E-state index in [4.69, 9.17) is 15.3 Å². The molecule has 2 rings (SSSR count). The molecule has 0 aliphatic carbocycles. The molecular formula is C10H18N2O2. The van der Waals surface area contributed by atoms with E-state index >= 15 is 0 Å². The standard InChI is InChI=1S/C10H18N2O2/c11-12-10(9-2-1-5-14-9)8-3-6-13-7-4-8/h2,8,10,12H,1,3-7,11H2. The average Bonchev–Trinajstić information content (AvgIpc) is 2.74. The van der Waals surface area contributed by atoms with E-state index in [0.717, 1.165) is 44.8 Å². The molecule has 0 amide bonds. The fourth-order valence-corrected chi connectivity index (χ4v) is 2.15. The highest BCUT2D eigenvalue weighted by atomic mass is 16.5. The first-order valence-corrected chi connectivity index (χ1v) is 5.28. The largest absolute Gasteiger partial charge is 0.496 e. The van der Waals surface area contributed by atoms with E-state index in [-0.39, 0.29) is 6.04 Å². The summed E-state index contributed by atoms with van der Waals surface area (Å²) in [5.74, 6) is 7.15. The van der Waals surface area contributed by atoms with Gasteiger partial charge in [-0.3, -0.25) is 5.84 Å². The molecule has 0 radical (unpaired) electrons. The summed E-state index contributed by atoms with van der Waals surface area (Å²) < 4.78 is 10.9. The van der Waals surface area contributed by atoms with E-state index in [1.54, 1.807) is 0 Å². The summed E-state index contributed by atoms with van der Waals surface area (Å²) in [5.41, 5.74) is 2.86. The molecule has 0 saturated carbocycles. The van der Waals surface area contributed by atoms with Gasteiger partial charge >= 0.3 is 0 Å². The lowest BCUT2D eigenvalue weighted by Gasteiger charge is -2.30. The highest BCUT2D eigenvalue weighted by Gasteiger charge is 2.28. The molecule has 14 heavy (non-hydrogen) atoms. The summed E-state index contributed by atoms with van der Waals surface area (Å²) >= 11 is 0. The van der Waals surface area contributed by atoms with Crippen LogP contribution < -0.4 is 11.3 Å². The zero-order valence-electron chi connectivity index (χ0n) is 8.37. The van der Waals surface area contributed by atoms with Gasteiger partial charge in [0.15, 0.2) is 0 Å².